The molecule has 0 amide bonds. The fraction of sp³-hybridized carbons (Fsp3) is 0.556. The Morgan fingerprint density at radius 2 is 1.19 bits per heavy atom. The van der Waals surface area contributed by atoms with Crippen molar-refractivity contribution in [3.8, 4) is 0 Å². The number of allylic oxidation sites excluding steroid dienone is 8. The zero-order chi connectivity index (χ0) is 12.7. The van der Waals surface area contributed by atoms with Crippen LogP contribution in [0.25, 0.3) is 0 Å². The Bertz CT molecular complexity index is 459. The van der Waals surface area contributed by atoms with Crippen LogP contribution in [0.3, 0.4) is 0 Å². The molecule has 0 spiro atoms. The molecule has 0 radical (unpaired) electrons. The molecule has 0 saturated heterocycles. The van der Waals surface area contributed by atoms with Crippen LogP contribution in [0, 0.1) is 11.8 Å². The fourth-order valence-electron chi connectivity index (χ4n) is 3.19. The third-order valence-corrected chi connectivity index (χ3v) is 8.84. The van der Waals surface area contributed by atoms with E-state index in [-0.39, 0.29) is 24.8 Å². The molecule has 0 bridgehead atoms. The average molecular weight is 403 g/mol. The molecule has 0 aromatic heterocycles. The Balaban J connectivity index is 0.000000807. The van der Waals surface area contributed by atoms with Crippen LogP contribution in [0.15, 0.2) is 42.0 Å². The first-order valence-corrected chi connectivity index (χ1v) is 10.4. The molecule has 4 aliphatic rings. The summed E-state index contributed by atoms with van der Waals surface area (Å²) >= 11 is -0.439. The van der Waals surface area contributed by atoms with Crippen LogP contribution < -0.4 is 0 Å². The molecule has 0 aliphatic heterocycles. The van der Waals surface area contributed by atoms with Gasteiger partial charge < -0.3 is 0 Å². The number of rotatable bonds is 6. The van der Waals surface area contributed by atoms with Crippen LogP contribution in [-0.2, 0) is 23.2 Å². The van der Waals surface area contributed by atoms with Gasteiger partial charge in [-0.3, -0.25) is 0 Å². The molecule has 3 heteroatoms. The first-order chi connectivity index (χ1) is 9.38. The SMILES string of the molecule is C1=CC(CC2CC2)=[C]([Zr][C]2=C(CC3CC3)C=CC2)C1.Cl.Cl. The zero-order valence-electron chi connectivity index (χ0n) is 12.4. The van der Waals surface area contributed by atoms with E-state index in [1.807, 2.05) is 6.56 Å². The maximum atomic E-state index is 2.46. The van der Waals surface area contributed by atoms with E-state index in [4.69, 9.17) is 0 Å². The third kappa shape index (κ3) is 4.70. The van der Waals surface area contributed by atoms with E-state index in [1.165, 1.54) is 51.4 Å². The molecule has 0 atom stereocenters. The Labute approximate surface area is 152 Å². The van der Waals surface area contributed by atoms with E-state index in [0.717, 1.165) is 11.8 Å². The molecular weight excluding hydrogens is 378 g/mol. The topological polar surface area (TPSA) is 0 Å². The molecule has 2 fully saturated rings. The molecule has 0 N–H and O–H groups in total. The Morgan fingerprint density at radius 3 is 1.57 bits per heavy atom. The first kappa shape index (κ1) is 17.8. The normalized spacial score (nSPS) is 23.4. The largest absolute Gasteiger partial charge is 0.147 e. The molecule has 114 valence electrons. The summed E-state index contributed by atoms with van der Waals surface area (Å²) in [6.45, 7) is 0. The molecule has 0 aromatic rings. The summed E-state index contributed by atoms with van der Waals surface area (Å²) < 4.78 is 3.81. The number of hydrogen-bond acceptors (Lipinski definition) is 0. The van der Waals surface area contributed by atoms with Crippen LogP contribution in [0.1, 0.15) is 51.4 Å². The Morgan fingerprint density at radius 1 is 0.762 bits per heavy atom. The molecule has 0 aromatic carbocycles. The molecule has 0 heterocycles. The van der Waals surface area contributed by atoms with Crippen molar-refractivity contribution in [3.05, 3.63) is 42.0 Å². The zero-order valence-corrected chi connectivity index (χ0v) is 16.5. The van der Waals surface area contributed by atoms with Gasteiger partial charge in [0.05, 0.1) is 0 Å². The van der Waals surface area contributed by atoms with Crippen LogP contribution in [0.2, 0.25) is 0 Å². The Hall–Kier alpha value is 0.423. The summed E-state index contributed by atoms with van der Waals surface area (Å²) in [7, 11) is 0. The van der Waals surface area contributed by atoms with Crippen molar-refractivity contribution in [1.29, 1.82) is 0 Å². The molecule has 4 rings (SSSR count). The average Bonchev–Trinajstić information content (AvgIpc) is 3.29. The van der Waals surface area contributed by atoms with Gasteiger partial charge in [-0.05, 0) is 0 Å². The fourth-order valence-corrected chi connectivity index (χ4v) is 6.87. The van der Waals surface area contributed by atoms with E-state index in [0.29, 0.717) is 0 Å². The van der Waals surface area contributed by atoms with E-state index in [9.17, 15) is 0 Å². The van der Waals surface area contributed by atoms with Gasteiger partial charge in [0, 0.05) is 0 Å². The molecule has 4 aliphatic carbocycles. The van der Waals surface area contributed by atoms with Crippen LogP contribution >= 0.6 is 24.8 Å². The maximum absolute atomic E-state index is 2.46. The molecule has 0 nitrogen and oxygen atoms in total. The third-order valence-electron chi connectivity index (χ3n) is 4.77. The van der Waals surface area contributed by atoms with Gasteiger partial charge in [0.2, 0.25) is 0 Å². The summed E-state index contributed by atoms with van der Waals surface area (Å²) in [6.07, 6.45) is 21.2. The van der Waals surface area contributed by atoms with Crippen molar-refractivity contribution >= 4 is 24.8 Å². The first-order valence-electron chi connectivity index (χ1n) is 7.92. The van der Waals surface area contributed by atoms with Gasteiger partial charge in [0.1, 0.15) is 0 Å². The van der Waals surface area contributed by atoms with Gasteiger partial charge in [0.25, 0.3) is 0 Å². The number of hydrogen-bond donors (Lipinski definition) is 0. The van der Waals surface area contributed by atoms with Crippen molar-refractivity contribution in [1.82, 2.24) is 0 Å². The van der Waals surface area contributed by atoms with Gasteiger partial charge in [-0.1, -0.05) is 0 Å². The van der Waals surface area contributed by atoms with Crippen LogP contribution in [0.4, 0.5) is 0 Å². The Kier molecular flexibility index (Phi) is 6.60. The molecule has 2 saturated carbocycles. The van der Waals surface area contributed by atoms with E-state index < -0.39 is 23.2 Å². The summed E-state index contributed by atoms with van der Waals surface area (Å²) in [5.74, 6) is 2.10. The second kappa shape index (κ2) is 7.80. The molecule has 0 unspecified atom stereocenters. The van der Waals surface area contributed by atoms with Crippen molar-refractivity contribution in [2.75, 3.05) is 0 Å². The standard InChI is InChI=1S/2C9H11.2ClH.Zr/c2*1-2-4-8(3-1)7-9-5-6-9;;;/h2*1,3,9H,2,5-7H2;2*1H;. The van der Waals surface area contributed by atoms with E-state index in [2.05, 4.69) is 24.3 Å². The number of halogens is 2. The predicted molar refractivity (Wildman–Crippen MR) is 90.7 cm³/mol. The van der Waals surface area contributed by atoms with E-state index >= 15 is 0 Å². The predicted octanol–water partition coefficient (Wildman–Crippen LogP) is 5.94. The van der Waals surface area contributed by atoms with E-state index in [1.54, 1.807) is 11.1 Å². The van der Waals surface area contributed by atoms with Crippen molar-refractivity contribution in [2.24, 2.45) is 11.8 Å². The molecular formula is C18H24Cl2Zr. The minimum Gasteiger partial charge on any atom is -0.147 e. The molecule has 21 heavy (non-hydrogen) atoms. The monoisotopic (exact) mass is 400 g/mol. The second-order valence-corrected chi connectivity index (χ2v) is 10.2. The van der Waals surface area contributed by atoms with Crippen molar-refractivity contribution in [3.63, 3.8) is 0 Å². The minimum absolute atomic E-state index is 0. The van der Waals surface area contributed by atoms with Crippen molar-refractivity contribution in [2.45, 2.75) is 51.4 Å². The van der Waals surface area contributed by atoms with Gasteiger partial charge in [-0.15, -0.1) is 24.8 Å². The van der Waals surface area contributed by atoms with Crippen LogP contribution in [-0.4, -0.2) is 0 Å². The smallest absolute Gasteiger partial charge is 0.147 e. The van der Waals surface area contributed by atoms with Gasteiger partial charge >= 0.3 is 128 Å². The van der Waals surface area contributed by atoms with Gasteiger partial charge in [0.15, 0.2) is 0 Å². The van der Waals surface area contributed by atoms with Crippen LogP contribution in [0.5, 0.6) is 0 Å². The minimum atomic E-state index is -0.439. The second-order valence-electron chi connectivity index (χ2n) is 6.64. The van der Waals surface area contributed by atoms with Gasteiger partial charge in [-0.25, -0.2) is 0 Å². The summed E-state index contributed by atoms with van der Waals surface area (Å²) in [5.41, 5.74) is 3.53. The summed E-state index contributed by atoms with van der Waals surface area (Å²) in [4.78, 5) is 0. The maximum Gasteiger partial charge on any atom is -0.147 e. The quantitative estimate of drug-likeness (QED) is 0.516. The summed E-state index contributed by atoms with van der Waals surface area (Å²) in [6, 6.07) is 0. The van der Waals surface area contributed by atoms with Crippen molar-refractivity contribution < 1.29 is 23.2 Å². The summed E-state index contributed by atoms with van der Waals surface area (Å²) in [5, 5.41) is 0. The van der Waals surface area contributed by atoms with Gasteiger partial charge in [-0.2, -0.15) is 0 Å².